The predicted octanol–water partition coefficient (Wildman–Crippen LogP) is 2.69. The molecule has 3 aromatic rings. The van der Waals surface area contributed by atoms with Gasteiger partial charge in [0.1, 0.15) is 0 Å². The third-order valence-corrected chi connectivity index (χ3v) is 4.56. The first-order valence-electron chi connectivity index (χ1n) is 7.55. The summed E-state index contributed by atoms with van der Waals surface area (Å²) in [6, 6.07) is 7.04. The molecule has 25 heavy (non-hydrogen) atoms. The summed E-state index contributed by atoms with van der Waals surface area (Å²) in [4.78, 5) is 35.3. The van der Waals surface area contributed by atoms with Crippen molar-refractivity contribution in [1.29, 1.82) is 0 Å². The van der Waals surface area contributed by atoms with Gasteiger partial charge in [-0.1, -0.05) is 15.9 Å². The zero-order valence-electron chi connectivity index (χ0n) is 13.9. The normalized spacial score (nSPS) is 11.4. The number of hydrogen-bond acceptors (Lipinski definition) is 4. The summed E-state index contributed by atoms with van der Waals surface area (Å²) in [7, 11) is 0. The summed E-state index contributed by atoms with van der Waals surface area (Å²) in [5.41, 5.74) is 2.72. The second kappa shape index (κ2) is 6.64. The van der Waals surface area contributed by atoms with Gasteiger partial charge in [0.15, 0.2) is 0 Å². The smallest absolute Gasteiger partial charge is 0.282 e. The monoisotopic (exact) mass is 401 g/mol. The first-order chi connectivity index (χ1) is 11.8. The summed E-state index contributed by atoms with van der Waals surface area (Å²) in [5.74, 6) is 0.150. The fourth-order valence-electron chi connectivity index (χ4n) is 2.38. The quantitative estimate of drug-likeness (QED) is 0.660. The number of halogens is 1. The molecule has 0 saturated carbocycles. The summed E-state index contributed by atoms with van der Waals surface area (Å²) in [5, 5.41) is 2.91. The van der Waals surface area contributed by atoms with Gasteiger partial charge in [-0.2, -0.15) is 4.68 Å². The number of nitrogens with zero attached hydrogens (tertiary/aromatic N) is 3. The van der Waals surface area contributed by atoms with Crippen LogP contribution >= 0.6 is 15.9 Å². The number of aliphatic imine (C=N–C) groups is 1. The average molecular weight is 402 g/mol. The van der Waals surface area contributed by atoms with Gasteiger partial charge in [0, 0.05) is 28.1 Å². The maximum absolute atomic E-state index is 12.6. The third-order valence-electron chi connectivity index (χ3n) is 3.67. The maximum Gasteiger partial charge on any atom is 0.282 e. The molecule has 2 aromatic heterocycles. The Balaban J connectivity index is 2.02. The number of nitrogens with one attached hydrogen (secondary N) is 2. The second-order valence-corrected chi connectivity index (χ2v) is 6.55. The summed E-state index contributed by atoms with van der Waals surface area (Å²) in [6.45, 7) is 5.43. The van der Waals surface area contributed by atoms with Gasteiger partial charge in [0.25, 0.3) is 11.1 Å². The molecule has 3 rings (SSSR count). The largest absolute Gasteiger partial charge is 0.292 e. The van der Waals surface area contributed by atoms with Gasteiger partial charge in [-0.3, -0.25) is 24.7 Å². The molecule has 0 unspecified atom stereocenters. The highest BCUT2D eigenvalue weighted by Crippen LogP contribution is 2.21. The van der Waals surface area contributed by atoms with E-state index in [2.05, 4.69) is 36.0 Å². The molecule has 0 saturated heterocycles. The zero-order chi connectivity index (χ0) is 18.1. The fourth-order valence-corrected chi connectivity index (χ4v) is 2.62. The van der Waals surface area contributed by atoms with Crippen molar-refractivity contribution in [3.63, 3.8) is 0 Å². The maximum atomic E-state index is 12.6. The second-order valence-electron chi connectivity index (χ2n) is 5.69. The lowest BCUT2D eigenvalue weighted by Gasteiger charge is -2.00. The van der Waals surface area contributed by atoms with Crippen LogP contribution in [0.4, 0.5) is 5.69 Å². The summed E-state index contributed by atoms with van der Waals surface area (Å²) < 4.78 is 2.21. The Morgan fingerprint density at radius 2 is 1.96 bits per heavy atom. The molecule has 0 amide bonds. The first-order valence-corrected chi connectivity index (χ1v) is 8.34. The number of aromatic nitrogens is 4. The molecule has 2 heterocycles. The zero-order valence-corrected chi connectivity index (χ0v) is 15.5. The molecule has 0 fully saturated rings. The number of aryl methyl sites for hydroxylation is 3. The highest BCUT2D eigenvalue weighted by atomic mass is 79.9. The Bertz CT molecular complexity index is 1090. The van der Waals surface area contributed by atoms with Gasteiger partial charge in [0.2, 0.25) is 5.95 Å². The summed E-state index contributed by atoms with van der Waals surface area (Å²) >= 11 is 3.44. The van der Waals surface area contributed by atoms with Crippen molar-refractivity contribution >= 4 is 27.8 Å². The standard InChI is InChI=1S/C17H16BrN5O2/c1-9-6-12(4-5-14(9)18)19-8-13-11(3)22-23(16(13)25)17-20-10(2)7-15(24)21-17/h4-8,22H,1-3H3,(H,20,21,24). The lowest BCUT2D eigenvalue weighted by molar-refractivity contribution is 0.763. The van der Waals surface area contributed by atoms with E-state index in [9.17, 15) is 9.59 Å². The highest BCUT2D eigenvalue weighted by Gasteiger charge is 2.12. The topological polar surface area (TPSA) is 95.9 Å². The van der Waals surface area contributed by atoms with Crippen LogP contribution in [-0.2, 0) is 0 Å². The molecule has 128 valence electrons. The molecule has 1 aromatic carbocycles. The minimum Gasteiger partial charge on any atom is -0.292 e. The van der Waals surface area contributed by atoms with Crippen molar-refractivity contribution in [2.75, 3.05) is 0 Å². The molecule has 0 aliphatic carbocycles. The Morgan fingerprint density at radius 3 is 2.64 bits per heavy atom. The van der Waals surface area contributed by atoms with Crippen LogP contribution in [-0.4, -0.2) is 26.0 Å². The summed E-state index contributed by atoms with van der Waals surface area (Å²) in [6.07, 6.45) is 1.52. The molecule has 2 N–H and O–H groups in total. The minimum absolute atomic E-state index is 0.150. The molecule has 0 aliphatic heterocycles. The van der Waals surface area contributed by atoms with E-state index in [0.717, 1.165) is 15.7 Å². The Kier molecular flexibility index (Phi) is 4.54. The number of aromatic amines is 2. The Hall–Kier alpha value is -2.74. The van der Waals surface area contributed by atoms with Crippen molar-refractivity contribution in [2.45, 2.75) is 20.8 Å². The van der Waals surface area contributed by atoms with E-state index in [1.54, 1.807) is 13.8 Å². The van der Waals surface area contributed by atoms with Crippen LogP contribution in [0.5, 0.6) is 0 Å². The van der Waals surface area contributed by atoms with Gasteiger partial charge in [-0.25, -0.2) is 4.98 Å². The van der Waals surface area contributed by atoms with Crippen molar-refractivity contribution in [3.8, 4) is 5.95 Å². The van der Waals surface area contributed by atoms with Gasteiger partial charge in [-0.15, -0.1) is 0 Å². The number of benzene rings is 1. The van der Waals surface area contributed by atoms with Crippen LogP contribution in [0, 0.1) is 20.8 Å². The van der Waals surface area contributed by atoms with Gasteiger partial charge in [-0.05, 0) is 44.5 Å². The molecule has 0 spiro atoms. The van der Waals surface area contributed by atoms with E-state index in [1.807, 2.05) is 25.1 Å². The lowest BCUT2D eigenvalue weighted by Crippen LogP contribution is -2.23. The van der Waals surface area contributed by atoms with Crippen LogP contribution in [0.1, 0.15) is 22.5 Å². The molecule has 0 radical (unpaired) electrons. The molecule has 7 nitrogen and oxygen atoms in total. The predicted molar refractivity (Wildman–Crippen MR) is 100 cm³/mol. The van der Waals surface area contributed by atoms with Gasteiger partial charge >= 0.3 is 0 Å². The van der Waals surface area contributed by atoms with Crippen molar-refractivity contribution in [1.82, 2.24) is 19.7 Å². The van der Waals surface area contributed by atoms with Crippen LogP contribution in [0.15, 0.2) is 43.3 Å². The Labute approximate surface area is 151 Å². The molecular formula is C17H16BrN5O2. The first kappa shape index (κ1) is 17.1. The van der Waals surface area contributed by atoms with E-state index in [1.165, 1.54) is 17.0 Å². The van der Waals surface area contributed by atoms with Crippen molar-refractivity contribution in [2.24, 2.45) is 4.99 Å². The van der Waals surface area contributed by atoms with E-state index < -0.39 is 0 Å². The number of rotatable bonds is 3. The van der Waals surface area contributed by atoms with Crippen LogP contribution in [0.3, 0.4) is 0 Å². The molecule has 8 heteroatoms. The van der Waals surface area contributed by atoms with E-state index >= 15 is 0 Å². The van der Waals surface area contributed by atoms with E-state index in [4.69, 9.17) is 0 Å². The molecule has 0 atom stereocenters. The Morgan fingerprint density at radius 1 is 1.20 bits per heavy atom. The number of hydrogen-bond donors (Lipinski definition) is 2. The van der Waals surface area contributed by atoms with Crippen molar-refractivity contribution < 1.29 is 0 Å². The van der Waals surface area contributed by atoms with Crippen LogP contribution < -0.4 is 11.1 Å². The fraction of sp³-hybridized carbons (Fsp3) is 0.176. The minimum atomic E-state index is -0.330. The van der Waals surface area contributed by atoms with Gasteiger partial charge < -0.3 is 0 Å². The SMILES string of the molecule is Cc1cc(=O)[nH]c(-n2[nH]c(C)c(C=Nc3ccc(Br)c(C)c3)c2=O)n1. The molecular weight excluding hydrogens is 386 g/mol. The van der Waals surface area contributed by atoms with E-state index in [0.29, 0.717) is 17.0 Å². The number of H-pyrrole nitrogens is 2. The highest BCUT2D eigenvalue weighted by molar-refractivity contribution is 9.10. The lowest BCUT2D eigenvalue weighted by atomic mass is 10.2. The third kappa shape index (κ3) is 3.53. The van der Waals surface area contributed by atoms with Crippen LogP contribution in [0.2, 0.25) is 0 Å². The van der Waals surface area contributed by atoms with Crippen LogP contribution in [0.25, 0.3) is 5.95 Å². The molecule has 0 bridgehead atoms. The van der Waals surface area contributed by atoms with Crippen molar-refractivity contribution in [3.05, 3.63) is 72.0 Å². The van der Waals surface area contributed by atoms with E-state index in [-0.39, 0.29) is 17.1 Å². The molecule has 0 aliphatic rings. The van der Waals surface area contributed by atoms with Gasteiger partial charge in [0.05, 0.1) is 11.3 Å². The average Bonchev–Trinajstić information content (AvgIpc) is 2.82.